The van der Waals surface area contributed by atoms with Crippen molar-refractivity contribution < 1.29 is 14.4 Å². The van der Waals surface area contributed by atoms with Crippen LogP contribution in [-0.2, 0) is 9.59 Å². The molecule has 1 aromatic heterocycles. The van der Waals surface area contributed by atoms with Gasteiger partial charge in [0, 0.05) is 64.2 Å². The fourth-order valence-electron chi connectivity index (χ4n) is 4.34. The Labute approximate surface area is 179 Å². The van der Waals surface area contributed by atoms with Crippen molar-refractivity contribution in [3.8, 4) is 0 Å². The number of rotatable bonds is 4. The first kappa shape index (κ1) is 22.2. The van der Waals surface area contributed by atoms with E-state index in [1.807, 2.05) is 28.9 Å². The monoisotopic (exact) mass is 414 g/mol. The molecule has 0 saturated carbocycles. The molecule has 3 amide bonds. The second-order valence-electron chi connectivity index (χ2n) is 8.94. The minimum atomic E-state index is -0.000911. The quantitative estimate of drug-likeness (QED) is 0.759. The number of likely N-dealkylation sites (tertiary alicyclic amines) is 1. The number of nitrogens with zero attached hydrogens (tertiary/aromatic N) is 4. The number of piperazine rings is 1. The van der Waals surface area contributed by atoms with E-state index in [0.717, 1.165) is 37.3 Å². The van der Waals surface area contributed by atoms with Gasteiger partial charge in [-0.25, -0.2) is 0 Å². The summed E-state index contributed by atoms with van der Waals surface area (Å²) in [5.41, 5.74) is 2.44. The highest BCUT2D eigenvalue weighted by molar-refractivity contribution is 5.95. The number of pyridine rings is 1. The second-order valence-corrected chi connectivity index (χ2v) is 8.94. The van der Waals surface area contributed by atoms with Crippen LogP contribution >= 0.6 is 0 Å². The van der Waals surface area contributed by atoms with Crippen LogP contribution in [0.5, 0.6) is 0 Å². The summed E-state index contributed by atoms with van der Waals surface area (Å²) in [6.45, 7) is 11.3. The predicted octanol–water partition coefficient (Wildman–Crippen LogP) is 2.45. The second kappa shape index (κ2) is 9.58. The lowest BCUT2D eigenvalue weighted by Crippen LogP contribution is -2.50. The molecule has 0 spiro atoms. The van der Waals surface area contributed by atoms with Crippen LogP contribution in [0.4, 0.5) is 0 Å². The van der Waals surface area contributed by atoms with Crippen LogP contribution in [0.25, 0.3) is 0 Å². The van der Waals surface area contributed by atoms with Crippen LogP contribution in [-0.4, -0.2) is 76.7 Å². The summed E-state index contributed by atoms with van der Waals surface area (Å²) >= 11 is 0. The maximum atomic E-state index is 13.3. The van der Waals surface area contributed by atoms with Crippen LogP contribution in [0, 0.1) is 12.8 Å². The third kappa shape index (κ3) is 5.18. The topological polar surface area (TPSA) is 73.8 Å². The van der Waals surface area contributed by atoms with Crippen LogP contribution in [0.3, 0.4) is 0 Å². The number of carbonyl (C=O) groups excluding carboxylic acids is 3. The van der Waals surface area contributed by atoms with Crippen molar-refractivity contribution in [2.24, 2.45) is 5.92 Å². The molecule has 0 radical (unpaired) electrons. The number of aromatic nitrogens is 1. The number of amides is 3. The van der Waals surface area contributed by atoms with Gasteiger partial charge in [0.1, 0.15) is 0 Å². The van der Waals surface area contributed by atoms with Crippen molar-refractivity contribution in [2.45, 2.75) is 52.9 Å². The van der Waals surface area contributed by atoms with Crippen molar-refractivity contribution in [1.82, 2.24) is 19.7 Å². The molecular weight excluding hydrogens is 380 g/mol. The number of carbonyl (C=O) groups is 3. The highest BCUT2D eigenvalue weighted by Gasteiger charge is 2.30. The van der Waals surface area contributed by atoms with Gasteiger partial charge in [0.2, 0.25) is 11.8 Å². The minimum Gasteiger partial charge on any atom is -0.343 e. The Morgan fingerprint density at radius 2 is 1.57 bits per heavy atom. The number of hydrogen-bond donors (Lipinski definition) is 0. The Morgan fingerprint density at radius 3 is 2.13 bits per heavy atom. The number of aryl methyl sites for hydroxylation is 1. The first-order valence-electron chi connectivity index (χ1n) is 11.1. The molecule has 1 aromatic rings. The zero-order chi connectivity index (χ0) is 21.8. The average Bonchev–Trinajstić information content (AvgIpc) is 2.73. The molecule has 0 unspecified atom stereocenters. The van der Waals surface area contributed by atoms with E-state index in [9.17, 15) is 14.4 Å². The number of hydrogen-bond acceptors (Lipinski definition) is 4. The van der Waals surface area contributed by atoms with Gasteiger partial charge >= 0.3 is 0 Å². The fourth-order valence-corrected chi connectivity index (χ4v) is 4.34. The normalized spacial score (nSPS) is 18.1. The van der Waals surface area contributed by atoms with Crippen molar-refractivity contribution in [3.05, 3.63) is 29.1 Å². The SMILES string of the molecule is CC(=O)N1CCN(C(=O)c2ccc(C)nc2C2CCN(C(=O)CC(C)C)CC2)CC1. The average molecular weight is 415 g/mol. The van der Waals surface area contributed by atoms with Gasteiger partial charge in [0.05, 0.1) is 11.3 Å². The van der Waals surface area contributed by atoms with Crippen molar-refractivity contribution in [1.29, 1.82) is 0 Å². The molecule has 0 aromatic carbocycles. The molecule has 3 heterocycles. The van der Waals surface area contributed by atoms with Gasteiger partial charge in [-0.2, -0.15) is 0 Å². The Balaban J connectivity index is 1.70. The van der Waals surface area contributed by atoms with Gasteiger partial charge in [-0.05, 0) is 37.8 Å². The van der Waals surface area contributed by atoms with Crippen molar-refractivity contribution in [3.63, 3.8) is 0 Å². The largest absolute Gasteiger partial charge is 0.343 e. The molecule has 2 aliphatic rings. The summed E-state index contributed by atoms with van der Waals surface area (Å²) in [6.07, 6.45) is 2.25. The van der Waals surface area contributed by atoms with Gasteiger partial charge in [-0.15, -0.1) is 0 Å². The number of piperidine rings is 1. The smallest absolute Gasteiger partial charge is 0.255 e. The Morgan fingerprint density at radius 1 is 0.967 bits per heavy atom. The van der Waals surface area contributed by atoms with Crippen LogP contribution in [0.1, 0.15) is 67.7 Å². The molecule has 30 heavy (non-hydrogen) atoms. The molecule has 0 aliphatic carbocycles. The van der Waals surface area contributed by atoms with Crippen molar-refractivity contribution in [2.75, 3.05) is 39.3 Å². The molecule has 3 rings (SSSR count). The zero-order valence-corrected chi connectivity index (χ0v) is 18.7. The third-order valence-electron chi connectivity index (χ3n) is 6.12. The Kier molecular flexibility index (Phi) is 7.10. The maximum absolute atomic E-state index is 13.3. The van der Waals surface area contributed by atoms with E-state index < -0.39 is 0 Å². The van der Waals surface area contributed by atoms with E-state index in [4.69, 9.17) is 4.98 Å². The Bertz CT molecular complexity index is 792. The summed E-state index contributed by atoms with van der Waals surface area (Å²) in [7, 11) is 0. The molecule has 7 nitrogen and oxygen atoms in total. The first-order valence-corrected chi connectivity index (χ1v) is 11.1. The molecule has 2 fully saturated rings. The van der Waals surface area contributed by atoms with E-state index in [2.05, 4.69) is 13.8 Å². The summed E-state index contributed by atoms with van der Waals surface area (Å²) in [5.74, 6) is 0.824. The molecule has 2 aliphatic heterocycles. The molecule has 0 N–H and O–H groups in total. The maximum Gasteiger partial charge on any atom is 0.255 e. The fraction of sp³-hybridized carbons (Fsp3) is 0.652. The Hall–Kier alpha value is -2.44. The van der Waals surface area contributed by atoms with E-state index >= 15 is 0 Å². The molecule has 0 atom stereocenters. The zero-order valence-electron chi connectivity index (χ0n) is 18.7. The third-order valence-corrected chi connectivity index (χ3v) is 6.12. The molecule has 0 bridgehead atoms. The highest BCUT2D eigenvalue weighted by Crippen LogP contribution is 2.30. The predicted molar refractivity (Wildman–Crippen MR) is 115 cm³/mol. The standard InChI is InChI=1S/C23H34N4O3/c1-16(2)15-21(29)26-9-7-19(8-10-26)22-20(6-5-17(3)24-22)23(30)27-13-11-25(12-14-27)18(4)28/h5-6,16,19H,7-15H2,1-4H3. The van der Waals surface area contributed by atoms with E-state index in [-0.39, 0.29) is 23.6 Å². The van der Waals surface area contributed by atoms with Crippen LogP contribution in [0.15, 0.2) is 12.1 Å². The first-order chi connectivity index (χ1) is 14.3. The summed E-state index contributed by atoms with van der Waals surface area (Å²) in [5, 5.41) is 0. The summed E-state index contributed by atoms with van der Waals surface area (Å²) < 4.78 is 0. The van der Waals surface area contributed by atoms with E-state index in [1.165, 1.54) is 0 Å². The van der Waals surface area contributed by atoms with Crippen molar-refractivity contribution >= 4 is 17.7 Å². The van der Waals surface area contributed by atoms with Gasteiger partial charge in [0.25, 0.3) is 5.91 Å². The molecule has 164 valence electrons. The van der Waals surface area contributed by atoms with Crippen LogP contribution in [0.2, 0.25) is 0 Å². The summed E-state index contributed by atoms with van der Waals surface area (Å²) in [6, 6.07) is 3.79. The van der Waals surface area contributed by atoms with Gasteiger partial charge < -0.3 is 14.7 Å². The molecular formula is C23H34N4O3. The lowest BCUT2D eigenvalue weighted by molar-refractivity contribution is -0.133. The minimum absolute atomic E-state index is 0.000911. The van der Waals surface area contributed by atoms with Gasteiger partial charge in [-0.1, -0.05) is 13.8 Å². The van der Waals surface area contributed by atoms with Gasteiger partial charge in [-0.3, -0.25) is 19.4 Å². The summed E-state index contributed by atoms with van der Waals surface area (Å²) in [4.78, 5) is 47.5. The molecule has 7 heteroatoms. The van der Waals surface area contributed by atoms with E-state index in [0.29, 0.717) is 44.1 Å². The van der Waals surface area contributed by atoms with E-state index in [1.54, 1.807) is 11.8 Å². The molecule has 2 saturated heterocycles. The van der Waals surface area contributed by atoms with Crippen LogP contribution < -0.4 is 0 Å². The lowest BCUT2D eigenvalue weighted by atomic mass is 9.89. The van der Waals surface area contributed by atoms with Gasteiger partial charge in [0.15, 0.2) is 0 Å². The lowest BCUT2D eigenvalue weighted by Gasteiger charge is -2.36. The highest BCUT2D eigenvalue weighted by atomic mass is 16.2.